The normalized spacial score (nSPS) is 14.7. The van der Waals surface area contributed by atoms with Gasteiger partial charge in [0.15, 0.2) is 0 Å². The quantitative estimate of drug-likeness (QED) is 0.635. The summed E-state index contributed by atoms with van der Waals surface area (Å²) >= 11 is 0. The molecule has 2 heterocycles. The van der Waals surface area contributed by atoms with Crippen LogP contribution in [0.3, 0.4) is 0 Å². The average Bonchev–Trinajstić information content (AvgIpc) is 2.82. The lowest BCUT2D eigenvalue weighted by Crippen LogP contribution is -2.45. The van der Waals surface area contributed by atoms with Crippen molar-refractivity contribution in [3.63, 3.8) is 0 Å². The lowest BCUT2D eigenvalue weighted by atomic mass is 10.1. The minimum Gasteiger partial charge on any atom is -0.492 e. The molecular formula is C24H26N6O. The van der Waals surface area contributed by atoms with Crippen LogP contribution in [-0.2, 0) is 0 Å². The third-order valence-electron chi connectivity index (χ3n) is 5.33. The van der Waals surface area contributed by atoms with Crippen molar-refractivity contribution in [3.8, 4) is 23.1 Å². The molecule has 0 spiro atoms. The maximum atomic E-state index is 9.10. The highest BCUT2D eigenvalue weighted by molar-refractivity contribution is 5.63. The third-order valence-corrected chi connectivity index (χ3v) is 5.33. The Morgan fingerprint density at radius 1 is 1.06 bits per heavy atom. The summed E-state index contributed by atoms with van der Waals surface area (Å²) < 4.78 is 5.90. The molecule has 31 heavy (non-hydrogen) atoms. The van der Waals surface area contributed by atoms with Gasteiger partial charge in [-0.1, -0.05) is 12.1 Å². The van der Waals surface area contributed by atoms with Gasteiger partial charge in [-0.05, 0) is 49.5 Å². The lowest BCUT2D eigenvalue weighted by Gasteiger charge is -2.32. The first kappa shape index (κ1) is 20.8. The van der Waals surface area contributed by atoms with Crippen LogP contribution in [0.1, 0.15) is 5.56 Å². The molecule has 158 valence electrons. The second-order valence-corrected chi connectivity index (χ2v) is 7.60. The molecule has 0 saturated carbocycles. The fourth-order valence-corrected chi connectivity index (χ4v) is 3.46. The zero-order valence-corrected chi connectivity index (χ0v) is 17.7. The number of piperazine rings is 1. The summed E-state index contributed by atoms with van der Waals surface area (Å²) in [5.41, 5.74) is 3.13. The zero-order valence-electron chi connectivity index (χ0n) is 17.7. The highest BCUT2D eigenvalue weighted by Gasteiger charge is 2.13. The second kappa shape index (κ2) is 10.0. The van der Waals surface area contributed by atoms with Crippen LogP contribution in [0.2, 0.25) is 0 Å². The first-order valence-electron chi connectivity index (χ1n) is 10.4. The van der Waals surface area contributed by atoms with Crippen molar-refractivity contribution < 1.29 is 4.74 Å². The first-order valence-corrected chi connectivity index (χ1v) is 10.4. The zero-order chi connectivity index (χ0) is 21.5. The Labute approximate surface area is 182 Å². The van der Waals surface area contributed by atoms with Gasteiger partial charge < -0.3 is 15.0 Å². The molecule has 0 radical (unpaired) electrons. The van der Waals surface area contributed by atoms with Gasteiger partial charge in [-0.3, -0.25) is 4.90 Å². The van der Waals surface area contributed by atoms with E-state index >= 15 is 0 Å². The Balaban J connectivity index is 1.32. The maximum Gasteiger partial charge on any atom is 0.227 e. The maximum absolute atomic E-state index is 9.10. The SMILES string of the molecule is CN1CCN(CCOc2ccc(Nc3nccc(-c4cccc(C#N)c4)n3)cc2)CC1. The van der Waals surface area contributed by atoms with E-state index in [1.807, 2.05) is 48.5 Å². The van der Waals surface area contributed by atoms with Crippen LogP contribution in [-0.4, -0.2) is 66.1 Å². The average molecular weight is 415 g/mol. The number of hydrogen-bond donors (Lipinski definition) is 1. The summed E-state index contributed by atoms with van der Waals surface area (Å²) in [7, 11) is 2.16. The van der Waals surface area contributed by atoms with Gasteiger partial charge in [0.05, 0.1) is 17.3 Å². The predicted molar refractivity (Wildman–Crippen MR) is 121 cm³/mol. The molecular weight excluding hydrogens is 388 g/mol. The molecule has 1 aliphatic heterocycles. The number of ether oxygens (including phenoxy) is 1. The van der Waals surface area contributed by atoms with Crippen LogP contribution in [0.5, 0.6) is 5.75 Å². The molecule has 1 saturated heterocycles. The van der Waals surface area contributed by atoms with Crippen molar-refractivity contribution in [1.29, 1.82) is 5.26 Å². The van der Waals surface area contributed by atoms with Crippen LogP contribution >= 0.6 is 0 Å². The fourth-order valence-electron chi connectivity index (χ4n) is 3.46. The summed E-state index contributed by atoms with van der Waals surface area (Å²) in [5, 5.41) is 12.3. The summed E-state index contributed by atoms with van der Waals surface area (Å²) in [6, 6.07) is 19.2. The van der Waals surface area contributed by atoms with Crippen molar-refractivity contribution in [2.75, 3.05) is 51.7 Å². The van der Waals surface area contributed by atoms with Gasteiger partial charge in [0.2, 0.25) is 5.95 Å². The van der Waals surface area contributed by atoms with Crippen molar-refractivity contribution in [2.24, 2.45) is 0 Å². The van der Waals surface area contributed by atoms with Gasteiger partial charge in [-0.25, -0.2) is 9.97 Å². The Morgan fingerprint density at radius 3 is 2.65 bits per heavy atom. The third kappa shape index (κ3) is 5.79. The van der Waals surface area contributed by atoms with E-state index in [1.165, 1.54) is 0 Å². The number of aromatic nitrogens is 2. The number of rotatable bonds is 7. The van der Waals surface area contributed by atoms with Crippen LogP contribution in [0.25, 0.3) is 11.3 Å². The van der Waals surface area contributed by atoms with Gasteiger partial charge >= 0.3 is 0 Å². The van der Waals surface area contributed by atoms with E-state index in [0.717, 1.165) is 55.4 Å². The Hall–Kier alpha value is -3.47. The van der Waals surface area contributed by atoms with Crippen molar-refractivity contribution in [1.82, 2.24) is 19.8 Å². The van der Waals surface area contributed by atoms with E-state index in [9.17, 15) is 0 Å². The molecule has 1 N–H and O–H groups in total. The molecule has 0 amide bonds. The molecule has 4 rings (SSSR count). The molecule has 0 aliphatic carbocycles. The van der Waals surface area contributed by atoms with E-state index in [1.54, 1.807) is 12.3 Å². The van der Waals surface area contributed by atoms with Gasteiger partial charge in [-0.2, -0.15) is 5.26 Å². The number of likely N-dealkylation sites (N-methyl/N-ethyl adjacent to an activating group) is 1. The number of nitrogens with zero attached hydrogens (tertiary/aromatic N) is 5. The van der Waals surface area contributed by atoms with Gasteiger partial charge in [-0.15, -0.1) is 0 Å². The largest absolute Gasteiger partial charge is 0.492 e. The summed E-state index contributed by atoms with van der Waals surface area (Å²) in [4.78, 5) is 13.7. The smallest absolute Gasteiger partial charge is 0.227 e. The van der Waals surface area contributed by atoms with Gasteiger partial charge in [0.25, 0.3) is 0 Å². The van der Waals surface area contributed by atoms with Crippen LogP contribution in [0.4, 0.5) is 11.6 Å². The number of nitrogens with one attached hydrogen (secondary N) is 1. The molecule has 3 aromatic rings. The fraction of sp³-hybridized carbons (Fsp3) is 0.292. The molecule has 0 bridgehead atoms. The van der Waals surface area contributed by atoms with Crippen LogP contribution in [0.15, 0.2) is 60.8 Å². The predicted octanol–water partition coefficient (Wildman–Crippen LogP) is 3.39. The Bertz CT molecular complexity index is 1040. The summed E-state index contributed by atoms with van der Waals surface area (Å²) in [5.74, 6) is 1.35. The molecule has 0 unspecified atom stereocenters. The van der Waals surface area contributed by atoms with Gasteiger partial charge in [0, 0.05) is 50.2 Å². The van der Waals surface area contributed by atoms with E-state index < -0.39 is 0 Å². The van der Waals surface area contributed by atoms with E-state index in [2.05, 4.69) is 38.2 Å². The van der Waals surface area contributed by atoms with Gasteiger partial charge in [0.1, 0.15) is 12.4 Å². The van der Waals surface area contributed by atoms with E-state index in [-0.39, 0.29) is 0 Å². The van der Waals surface area contributed by atoms with Crippen molar-refractivity contribution >= 4 is 11.6 Å². The Morgan fingerprint density at radius 2 is 1.87 bits per heavy atom. The topological polar surface area (TPSA) is 77.3 Å². The Kier molecular flexibility index (Phi) is 6.72. The molecule has 7 heteroatoms. The van der Waals surface area contributed by atoms with E-state index in [0.29, 0.717) is 18.1 Å². The number of benzene rings is 2. The van der Waals surface area contributed by atoms with Crippen LogP contribution in [0, 0.1) is 11.3 Å². The molecule has 1 fully saturated rings. The molecule has 1 aromatic heterocycles. The first-order chi connectivity index (χ1) is 15.2. The monoisotopic (exact) mass is 414 g/mol. The number of anilines is 2. The number of hydrogen-bond acceptors (Lipinski definition) is 7. The molecule has 1 aliphatic rings. The minimum absolute atomic E-state index is 0.503. The van der Waals surface area contributed by atoms with Crippen LogP contribution < -0.4 is 10.1 Å². The highest BCUT2D eigenvalue weighted by atomic mass is 16.5. The van der Waals surface area contributed by atoms with Crippen molar-refractivity contribution in [3.05, 3.63) is 66.4 Å². The highest BCUT2D eigenvalue weighted by Crippen LogP contribution is 2.22. The second-order valence-electron chi connectivity index (χ2n) is 7.60. The van der Waals surface area contributed by atoms with E-state index in [4.69, 9.17) is 10.00 Å². The lowest BCUT2D eigenvalue weighted by molar-refractivity contribution is 0.134. The standard InChI is InChI=1S/C24H26N6O/c1-29-11-13-30(14-12-29)15-16-31-22-7-5-21(6-8-22)27-24-26-10-9-23(28-24)20-4-2-3-19(17-20)18-25/h2-10,17H,11-16H2,1H3,(H,26,27,28). The number of nitriles is 1. The molecule has 7 nitrogen and oxygen atoms in total. The molecule has 0 atom stereocenters. The summed E-state index contributed by atoms with van der Waals surface area (Å²) in [6.07, 6.45) is 1.71. The summed E-state index contributed by atoms with van der Waals surface area (Å²) in [6.45, 7) is 6.07. The minimum atomic E-state index is 0.503. The molecule has 2 aromatic carbocycles. The van der Waals surface area contributed by atoms with Crippen molar-refractivity contribution in [2.45, 2.75) is 0 Å².